The first-order valence-corrected chi connectivity index (χ1v) is 7.53. The summed E-state index contributed by atoms with van der Waals surface area (Å²) in [6.07, 6.45) is 4.92. The van der Waals surface area contributed by atoms with Crippen LogP contribution in [0.4, 0.5) is 0 Å². The number of hydrogen-bond acceptors (Lipinski definition) is 2. The van der Waals surface area contributed by atoms with Gasteiger partial charge in [0.05, 0.1) is 5.70 Å². The second-order valence-corrected chi connectivity index (χ2v) is 5.21. The quantitative estimate of drug-likeness (QED) is 0.464. The van der Waals surface area contributed by atoms with Crippen molar-refractivity contribution in [1.82, 2.24) is 0 Å². The Morgan fingerprint density at radius 3 is 2.32 bits per heavy atom. The van der Waals surface area contributed by atoms with E-state index in [2.05, 4.69) is 17.8 Å². The lowest BCUT2D eigenvalue weighted by Crippen LogP contribution is -1.95. The molecule has 3 heteroatoms. The largest absolute Gasteiger partial charge is 0.330 e. The SMILES string of the molecule is C=N/C(=C(\C=C/CCN)c1ccc(Cl)cc1)c1ccccc1. The number of nitrogens with zero attached hydrogens (tertiary/aromatic N) is 1. The minimum Gasteiger partial charge on any atom is -0.330 e. The molecule has 112 valence electrons. The molecule has 0 atom stereocenters. The molecule has 22 heavy (non-hydrogen) atoms. The fourth-order valence-corrected chi connectivity index (χ4v) is 2.29. The van der Waals surface area contributed by atoms with Crippen molar-refractivity contribution >= 4 is 29.6 Å². The molecule has 0 heterocycles. The Morgan fingerprint density at radius 1 is 1.05 bits per heavy atom. The van der Waals surface area contributed by atoms with Crippen LogP contribution in [0.2, 0.25) is 5.02 Å². The lowest BCUT2D eigenvalue weighted by molar-refractivity contribution is 1.01. The van der Waals surface area contributed by atoms with Crippen molar-refractivity contribution in [2.75, 3.05) is 6.54 Å². The first kappa shape index (κ1) is 16.2. The van der Waals surface area contributed by atoms with Gasteiger partial charge in [-0.1, -0.05) is 66.2 Å². The van der Waals surface area contributed by atoms with E-state index in [0.717, 1.165) is 28.8 Å². The maximum atomic E-state index is 5.99. The zero-order valence-corrected chi connectivity index (χ0v) is 13.1. The molecule has 0 aliphatic rings. The van der Waals surface area contributed by atoms with E-state index in [0.29, 0.717) is 11.6 Å². The molecule has 2 nitrogen and oxygen atoms in total. The maximum Gasteiger partial charge on any atom is 0.0772 e. The Morgan fingerprint density at radius 2 is 1.73 bits per heavy atom. The molecule has 0 spiro atoms. The van der Waals surface area contributed by atoms with Gasteiger partial charge in [0.1, 0.15) is 0 Å². The highest BCUT2D eigenvalue weighted by molar-refractivity contribution is 6.30. The molecule has 0 saturated heterocycles. The number of halogens is 1. The number of aliphatic imine (C=N–C) groups is 1. The lowest BCUT2D eigenvalue weighted by atomic mass is 9.99. The van der Waals surface area contributed by atoms with Crippen LogP contribution in [0.5, 0.6) is 0 Å². The molecule has 0 aliphatic heterocycles. The topological polar surface area (TPSA) is 38.4 Å². The summed E-state index contributed by atoms with van der Waals surface area (Å²) in [7, 11) is 0. The van der Waals surface area contributed by atoms with Gasteiger partial charge in [0.15, 0.2) is 0 Å². The van der Waals surface area contributed by atoms with Crippen LogP contribution in [0.3, 0.4) is 0 Å². The molecule has 0 unspecified atom stereocenters. The first-order valence-electron chi connectivity index (χ1n) is 7.15. The molecule has 0 fully saturated rings. The van der Waals surface area contributed by atoms with Crippen molar-refractivity contribution in [3.05, 3.63) is 82.9 Å². The summed E-state index contributed by atoms with van der Waals surface area (Å²) in [6.45, 7) is 4.35. The molecule has 2 rings (SSSR count). The lowest BCUT2D eigenvalue weighted by Gasteiger charge is -2.10. The van der Waals surface area contributed by atoms with Gasteiger partial charge in [0.2, 0.25) is 0 Å². The number of nitrogens with two attached hydrogens (primary N) is 1. The monoisotopic (exact) mass is 310 g/mol. The number of benzene rings is 2. The minimum atomic E-state index is 0.618. The fourth-order valence-electron chi connectivity index (χ4n) is 2.17. The summed E-state index contributed by atoms with van der Waals surface area (Å²) in [5.74, 6) is 0. The van der Waals surface area contributed by atoms with Gasteiger partial charge >= 0.3 is 0 Å². The van der Waals surface area contributed by atoms with Gasteiger partial charge in [-0.15, -0.1) is 0 Å². The molecule has 2 aromatic rings. The Bertz CT molecular complexity index is 670. The fraction of sp³-hybridized carbons (Fsp3) is 0.105. The summed E-state index contributed by atoms with van der Waals surface area (Å²) in [4.78, 5) is 4.25. The molecule has 0 saturated carbocycles. The van der Waals surface area contributed by atoms with Crippen molar-refractivity contribution in [2.24, 2.45) is 10.7 Å². The Balaban J connectivity index is 2.56. The van der Waals surface area contributed by atoms with Crippen LogP contribution in [0.1, 0.15) is 17.5 Å². The third-order valence-corrected chi connectivity index (χ3v) is 3.49. The van der Waals surface area contributed by atoms with Gasteiger partial charge in [0.25, 0.3) is 0 Å². The summed E-state index contributed by atoms with van der Waals surface area (Å²) < 4.78 is 0. The first-order chi connectivity index (χ1) is 10.8. The van der Waals surface area contributed by atoms with Crippen LogP contribution in [-0.4, -0.2) is 13.3 Å². The molecule has 2 N–H and O–H groups in total. The minimum absolute atomic E-state index is 0.618. The normalized spacial score (nSPS) is 12.3. The standard InChI is InChI=1S/C19H19ClN2/c1-22-19(16-7-3-2-4-8-16)18(9-5-6-14-21)15-10-12-17(20)13-11-15/h2-5,7-13H,1,6,14,21H2/b9-5-,19-18+. The van der Waals surface area contributed by atoms with Crippen LogP contribution in [0.15, 0.2) is 71.7 Å². The van der Waals surface area contributed by atoms with Crippen LogP contribution in [-0.2, 0) is 0 Å². The number of hydrogen-bond donors (Lipinski definition) is 1. The molecule has 0 aromatic heterocycles. The second kappa shape index (κ2) is 8.32. The second-order valence-electron chi connectivity index (χ2n) is 4.77. The highest BCUT2D eigenvalue weighted by Gasteiger charge is 2.08. The van der Waals surface area contributed by atoms with Crippen LogP contribution < -0.4 is 5.73 Å². The van der Waals surface area contributed by atoms with Gasteiger partial charge < -0.3 is 5.73 Å². The van der Waals surface area contributed by atoms with Gasteiger partial charge in [-0.25, -0.2) is 0 Å². The third kappa shape index (κ3) is 4.17. The van der Waals surface area contributed by atoms with Gasteiger partial charge in [-0.05, 0) is 37.4 Å². The van der Waals surface area contributed by atoms with Crippen molar-refractivity contribution in [1.29, 1.82) is 0 Å². The summed E-state index contributed by atoms with van der Waals surface area (Å²) in [6, 6.07) is 17.7. The van der Waals surface area contributed by atoms with Crippen molar-refractivity contribution in [3.8, 4) is 0 Å². The van der Waals surface area contributed by atoms with Gasteiger partial charge in [-0.2, -0.15) is 0 Å². The maximum absolute atomic E-state index is 5.99. The highest BCUT2D eigenvalue weighted by Crippen LogP contribution is 2.29. The molecule has 0 aliphatic carbocycles. The Kier molecular flexibility index (Phi) is 6.13. The predicted octanol–water partition coefficient (Wildman–Crippen LogP) is 4.81. The number of rotatable bonds is 6. The highest BCUT2D eigenvalue weighted by atomic mass is 35.5. The molecule has 0 bridgehead atoms. The Hall–Kier alpha value is -2.16. The predicted molar refractivity (Wildman–Crippen MR) is 97.1 cm³/mol. The third-order valence-electron chi connectivity index (χ3n) is 3.23. The average Bonchev–Trinajstić information content (AvgIpc) is 2.56. The van der Waals surface area contributed by atoms with Crippen molar-refractivity contribution < 1.29 is 0 Å². The van der Waals surface area contributed by atoms with Gasteiger partial charge in [0, 0.05) is 16.2 Å². The summed E-state index contributed by atoms with van der Waals surface area (Å²) in [5, 5.41) is 0.710. The molecule has 0 radical (unpaired) electrons. The van der Waals surface area contributed by atoms with E-state index in [1.54, 1.807) is 0 Å². The molecule has 2 aromatic carbocycles. The van der Waals surface area contributed by atoms with E-state index in [1.807, 2.05) is 60.7 Å². The van der Waals surface area contributed by atoms with Crippen molar-refractivity contribution in [3.63, 3.8) is 0 Å². The number of allylic oxidation sites excluding steroid dienone is 2. The van der Waals surface area contributed by atoms with Crippen LogP contribution in [0.25, 0.3) is 11.3 Å². The van der Waals surface area contributed by atoms with Crippen LogP contribution >= 0.6 is 11.6 Å². The van der Waals surface area contributed by atoms with Crippen LogP contribution in [0, 0.1) is 0 Å². The Labute approximate surface area is 136 Å². The van der Waals surface area contributed by atoms with E-state index in [9.17, 15) is 0 Å². The van der Waals surface area contributed by atoms with E-state index >= 15 is 0 Å². The zero-order valence-electron chi connectivity index (χ0n) is 12.4. The zero-order chi connectivity index (χ0) is 15.8. The van der Waals surface area contributed by atoms with Gasteiger partial charge in [-0.3, -0.25) is 4.99 Å². The average molecular weight is 311 g/mol. The smallest absolute Gasteiger partial charge is 0.0772 e. The molecule has 0 amide bonds. The molecular formula is C19H19ClN2. The van der Waals surface area contributed by atoms with E-state index in [1.165, 1.54) is 0 Å². The van der Waals surface area contributed by atoms with E-state index < -0.39 is 0 Å². The molecular weight excluding hydrogens is 292 g/mol. The van der Waals surface area contributed by atoms with Crippen molar-refractivity contribution in [2.45, 2.75) is 6.42 Å². The summed E-state index contributed by atoms with van der Waals surface area (Å²) >= 11 is 5.99. The summed E-state index contributed by atoms with van der Waals surface area (Å²) in [5.41, 5.74) is 9.49. The van der Waals surface area contributed by atoms with E-state index in [4.69, 9.17) is 17.3 Å². The van der Waals surface area contributed by atoms with E-state index in [-0.39, 0.29) is 0 Å².